The summed E-state index contributed by atoms with van der Waals surface area (Å²) in [4.78, 5) is 0. The lowest BCUT2D eigenvalue weighted by atomic mass is 10.2. The number of aromatic nitrogens is 1. The highest BCUT2D eigenvalue weighted by molar-refractivity contribution is 7.92. The van der Waals surface area contributed by atoms with Gasteiger partial charge < -0.3 is 17.0 Å². The Morgan fingerprint density at radius 2 is 1.75 bits per heavy atom. The summed E-state index contributed by atoms with van der Waals surface area (Å²) in [7, 11) is -2.13. The van der Waals surface area contributed by atoms with Gasteiger partial charge in [-0.15, -0.1) is 0 Å². The van der Waals surface area contributed by atoms with Crippen LogP contribution in [0.15, 0.2) is 53.0 Å². The van der Waals surface area contributed by atoms with Crippen LogP contribution in [0.2, 0.25) is 0 Å². The molecule has 1 aromatic carbocycles. The Hall–Kier alpha value is -1.20. The minimum Gasteiger partial charge on any atom is -1.00 e. The van der Waals surface area contributed by atoms with Gasteiger partial charge in [0.15, 0.2) is 12.7 Å². The number of halogens is 1. The van der Waals surface area contributed by atoms with Gasteiger partial charge in [-0.25, -0.2) is 4.21 Å². The molecule has 0 amide bonds. The first kappa shape index (κ1) is 16.9. The fourth-order valence-electron chi connectivity index (χ4n) is 1.90. The van der Waals surface area contributed by atoms with Crippen molar-refractivity contribution in [1.29, 1.82) is 0 Å². The molecule has 0 bridgehead atoms. The summed E-state index contributed by atoms with van der Waals surface area (Å²) < 4.78 is 18.2. The first-order valence-corrected chi connectivity index (χ1v) is 8.49. The van der Waals surface area contributed by atoms with E-state index < -0.39 is 9.73 Å². The first-order valence-electron chi connectivity index (χ1n) is 6.16. The number of benzene rings is 1. The van der Waals surface area contributed by atoms with E-state index in [0.717, 1.165) is 17.9 Å². The van der Waals surface area contributed by atoms with Crippen molar-refractivity contribution >= 4 is 15.4 Å². The van der Waals surface area contributed by atoms with Gasteiger partial charge in [-0.2, -0.15) is 8.93 Å². The van der Waals surface area contributed by atoms with Crippen LogP contribution in [-0.2, 0) is 16.3 Å². The molecule has 0 N–H and O–H groups in total. The summed E-state index contributed by atoms with van der Waals surface area (Å²) >= 11 is 0. The predicted octanol–water partition coefficient (Wildman–Crippen LogP) is -0.306. The Morgan fingerprint density at radius 1 is 1.10 bits per heavy atom. The second-order valence-electron chi connectivity index (χ2n) is 4.86. The second kappa shape index (κ2) is 6.99. The molecule has 1 heterocycles. The van der Waals surface area contributed by atoms with Gasteiger partial charge >= 0.3 is 0 Å². The number of nitrogens with zero attached hydrogens (tertiary/aromatic N) is 2. The SMILES string of the molecule is Cc1c(N=S(C)(C)=O)ccc[n+]1Cc1ccccc1.[Br-]. The van der Waals surface area contributed by atoms with Gasteiger partial charge in [-0.1, -0.05) is 30.3 Å². The van der Waals surface area contributed by atoms with Crippen molar-refractivity contribution in [2.75, 3.05) is 12.5 Å². The van der Waals surface area contributed by atoms with E-state index in [1.165, 1.54) is 5.56 Å². The number of pyridine rings is 1. The topological polar surface area (TPSA) is 33.3 Å². The average molecular weight is 355 g/mol. The molecule has 0 fully saturated rings. The monoisotopic (exact) mass is 354 g/mol. The minimum atomic E-state index is -2.13. The van der Waals surface area contributed by atoms with E-state index in [9.17, 15) is 4.21 Å². The molecule has 20 heavy (non-hydrogen) atoms. The molecule has 0 aliphatic rings. The van der Waals surface area contributed by atoms with Crippen LogP contribution in [0.4, 0.5) is 5.69 Å². The smallest absolute Gasteiger partial charge is 0.205 e. The zero-order chi connectivity index (χ0) is 13.9. The lowest BCUT2D eigenvalue weighted by molar-refractivity contribution is -0.693. The van der Waals surface area contributed by atoms with Crippen LogP contribution in [0, 0.1) is 6.92 Å². The normalized spacial score (nSPS) is 10.8. The Bertz CT molecular complexity index is 684. The van der Waals surface area contributed by atoms with Crippen molar-refractivity contribution in [3.05, 3.63) is 59.9 Å². The van der Waals surface area contributed by atoms with Gasteiger partial charge in [0.1, 0.15) is 5.69 Å². The molecule has 0 saturated carbocycles. The molecular weight excluding hydrogens is 336 g/mol. The van der Waals surface area contributed by atoms with Crippen molar-refractivity contribution in [3.63, 3.8) is 0 Å². The molecule has 0 saturated heterocycles. The molecule has 0 spiro atoms. The third kappa shape index (κ3) is 4.72. The highest BCUT2D eigenvalue weighted by Gasteiger charge is 2.12. The average Bonchev–Trinajstić information content (AvgIpc) is 2.34. The molecule has 3 nitrogen and oxygen atoms in total. The molecule has 108 valence electrons. The molecule has 0 atom stereocenters. The Labute approximate surface area is 131 Å². The van der Waals surface area contributed by atoms with Crippen molar-refractivity contribution < 1.29 is 25.8 Å². The molecule has 0 radical (unpaired) electrons. The van der Waals surface area contributed by atoms with Gasteiger partial charge in [0, 0.05) is 40.8 Å². The van der Waals surface area contributed by atoms with Crippen LogP contribution in [0.25, 0.3) is 0 Å². The summed E-state index contributed by atoms with van der Waals surface area (Å²) in [6.07, 6.45) is 5.33. The summed E-state index contributed by atoms with van der Waals surface area (Å²) in [5.74, 6) is 0. The van der Waals surface area contributed by atoms with Crippen LogP contribution >= 0.6 is 0 Å². The molecule has 0 aliphatic carbocycles. The minimum absolute atomic E-state index is 0. The lowest BCUT2D eigenvalue weighted by Gasteiger charge is -2.04. The standard InChI is InChI=1S/C15H19N2OS.BrH/c1-13-15(16-19(2,3)18)10-7-11-17(13)12-14-8-5-4-6-9-14;/h4-11H,12H2,1-3H3;1H/q+1;/p-1. The Kier molecular flexibility index (Phi) is 5.89. The largest absolute Gasteiger partial charge is 1.00 e. The van der Waals surface area contributed by atoms with Gasteiger partial charge in [0.05, 0.1) is 0 Å². The van der Waals surface area contributed by atoms with Crippen LogP contribution in [0.5, 0.6) is 0 Å². The van der Waals surface area contributed by atoms with E-state index in [-0.39, 0.29) is 17.0 Å². The summed E-state index contributed by atoms with van der Waals surface area (Å²) in [6.45, 7) is 2.80. The Balaban J connectivity index is 0.00000200. The number of hydrogen-bond donors (Lipinski definition) is 0. The molecule has 0 aliphatic heterocycles. The van der Waals surface area contributed by atoms with Crippen LogP contribution in [0.3, 0.4) is 0 Å². The van der Waals surface area contributed by atoms with Gasteiger partial charge in [-0.05, 0) is 6.07 Å². The maximum absolute atomic E-state index is 11.8. The molecule has 2 aromatic rings. The highest BCUT2D eigenvalue weighted by atomic mass is 79.9. The second-order valence-corrected chi connectivity index (χ2v) is 7.41. The zero-order valence-electron chi connectivity index (χ0n) is 11.9. The van der Waals surface area contributed by atoms with Crippen LogP contribution in [0.1, 0.15) is 11.3 Å². The van der Waals surface area contributed by atoms with Crippen molar-refractivity contribution in [1.82, 2.24) is 0 Å². The number of rotatable bonds is 3. The molecular formula is C15H19BrN2OS. The van der Waals surface area contributed by atoms with Crippen LogP contribution in [-0.4, -0.2) is 16.7 Å². The maximum atomic E-state index is 11.8. The van der Waals surface area contributed by atoms with Gasteiger partial charge in [0.2, 0.25) is 5.69 Å². The molecule has 0 unspecified atom stereocenters. The summed E-state index contributed by atoms with van der Waals surface area (Å²) in [5, 5.41) is 0. The van der Waals surface area contributed by atoms with Gasteiger partial charge in [-0.3, -0.25) is 0 Å². The first-order chi connectivity index (χ1) is 8.96. The van der Waals surface area contributed by atoms with Gasteiger partial charge in [0.25, 0.3) is 0 Å². The van der Waals surface area contributed by atoms with E-state index in [2.05, 4.69) is 21.1 Å². The van der Waals surface area contributed by atoms with E-state index in [0.29, 0.717) is 0 Å². The molecule has 5 heteroatoms. The quantitative estimate of drug-likeness (QED) is 0.696. The van der Waals surface area contributed by atoms with E-state index in [1.807, 2.05) is 43.5 Å². The number of hydrogen-bond acceptors (Lipinski definition) is 2. The fraction of sp³-hybridized carbons (Fsp3) is 0.267. The predicted molar refractivity (Wildman–Crippen MR) is 79.0 cm³/mol. The Morgan fingerprint density at radius 3 is 2.35 bits per heavy atom. The van der Waals surface area contributed by atoms with E-state index in [4.69, 9.17) is 0 Å². The third-order valence-electron chi connectivity index (χ3n) is 2.84. The molecule has 2 rings (SSSR count). The lowest BCUT2D eigenvalue weighted by Crippen LogP contribution is -3.00. The fourth-order valence-corrected chi connectivity index (χ4v) is 2.57. The van der Waals surface area contributed by atoms with Crippen molar-refractivity contribution in [3.8, 4) is 0 Å². The zero-order valence-corrected chi connectivity index (χ0v) is 14.3. The summed E-state index contributed by atoms with van der Waals surface area (Å²) in [5.41, 5.74) is 3.07. The van der Waals surface area contributed by atoms with Crippen molar-refractivity contribution in [2.45, 2.75) is 13.5 Å². The van der Waals surface area contributed by atoms with Crippen molar-refractivity contribution in [2.24, 2.45) is 4.36 Å². The van der Waals surface area contributed by atoms with E-state index >= 15 is 0 Å². The maximum Gasteiger partial charge on any atom is 0.205 e. The highest BCUT2D eigenvalue weighted by Crippen LogP contribution is 2.16. The van der Waals surface area contributed by atoms with E-state index in [1.54, 1.807) is 12.5 Å². The summed E-state index contributed by atoms with van der Waals surface area (Å²) in [6, 6.07) is 14.1. The van der Waals surface area contributed by atoms with Crippen LogP contribution < -0.4 is 21.5 Å². The molecule has 1 aromatic heterocycles. The third-order valence-corrected chi connectivity index (χ3v) is 3.47.